The Bertz CT molecular complexity index is 975. The summed E-state index contributed by atoms with van der Waals surface area (Å²) in [5.41, 5.74) is 0.619. The van der Waals surface area contributed by atoms with Crippen LogP contribution >= 0.6 is 27.3 Å². The lowest BCUT2D eigenvalue weighted by molar-refractivity contribution is 0.0995. The average molecular weight is 401 g/mol. The molecule has 0 aliphatic heterocycles. The van der Waals surface area contributed by atoms with Crippen molar-refractivity contribution < 1.29 is 17.6 Å². The number of nitrogens with zero attached hydrogens (tertiary/aromatic N) is 1. The van der Waals surface area contributed by atoms with Crippen LogP contribution in [0.3, 0.4) is 0 Å². The van der Waals surface area contributed by atoms with Gasteiger partial charge in [-0.2, -0.15) is 0 Å². The highest BCUT2D eigenvalue weighted by atomic mass is 79.9. The number of sulfone groups is 1. The predicted octanol–water partition coefficient (Wildman–Crippen LogP) is 3.31. The van der Waals surface area contributed by atoms with E-state index in [9.17, 15) is 13.2 Å². The quantitative estimate of drug-likeness (QED) is 0.728. The normalized spacial score (nSPS) is 11.7. The molecule has 22 heavy (non-hydrogen) atoms. The Morgan fingerprint density at radius 2 is 2.09 bits per heavy atom. The van der Waals surface area contributed by atoms with Gasteiger partial charge in [-0.05, 0) is 46.3 Å². The maximum absolute atomic E-state index is 12.0. The number of anilines is 1. The minimum Gasteiger partial charge on any atom is -0.444 e. The number of aromatic nitrogens is 1. The second-order valence-electron chi connectivity index (χ2n) is 4.48. The summed E-state index contributed by atoms with van der Waals surface area (Å²) in [4.78, 5) is 16.4. The largest absolute Gasteiger partial charge is 0.444 e. The second-order valence-corrected chi connectivity index (χ2v) is 8.31. The molecule has 3 rings (SSSR count). The first-order chi connectivity index (χ1) is 10.3. The number of carbonyl (C=O) groups is 1. The van der Waals surface area contributed by atoms with Crippen LogP contribution < -0.4 is 5.32 Å². The van der Waals surface area contributed by atoms with Crippen LogP contribution in [0.4, 0.5) is 5.13 Å². The summed E-state index contributed by atoms with van der Waals surface area (Å²) in [7, 11) is -3.28. The van der Waals surface area contributed by atoms with E-state index in [2.05, 4.69) is 26.2 Å². The molecule has 0 aliphatic carbocycles. The van der Waals surface area contributed by atoms with Crippen LogP contribution in [0.25, 0.3) is 10.2 Å². The molecule has 0 aliphatic rings. The van der Waals surface area contributed by atoms with Gasteiger partial charge in [0, 0.05) is 6.26 Å². The first-order valence-electron chi connectivity index (χ1n) is 6.00. The molecule has 2 aromatic heterocycles. The summed E-state index contributed by atoms with van der Waals surface area (Å²) >= 11 is 4.32. The topological polar surface area (TPSA) is 89.3 Å². The molecule has 1 N–H and O–H groups in total. The van der Waals surface area contributed by atoms with Crippen LogP contribution in [0, 0.1) is 0 Å². The number of benzene rings is 1. The van der Waals surface area contributed by atoms with Crippen LogP contribution in [0.15, 0.2) is 44.3 Å². The van der Waals surface area contributed by atoms with Gasteiger partial charge in [-0.15, -0.1) is 0 Å². The molecule has 0 radical (unpaired) electrons. The van der Waals surface area contributed by atoms with E-state index in [-0.39, 0.29) is 10.7 Å². The number of carbonyl (C=O) groups excluding carboxylic acids is 1. The van der Waals surface area contributed by atoms with E-state index in [1.54, 1.807) is 18.2 Å². The number of furan rings is 1. The highest BCUT2D eigenvalue weighted by Gasteiger charge is 2.15. The highest BCUT2D eigenvalue weighted by molar-refractivity contribution is 9.10. The molecule has 9 heteroatoms. The fraction of sp³-hybridized carbons (Fsp3) is 0.0769. The lowest BCUT2D eigenvalue weighted by Crippen LogP contribution is -2.10. The molecule has 114 valence electrons. The zero-order chi connectivity index (χ0) is 15.9. The van der Waals surface area contributed by atoms with Gasteiger partial charge in [0.25, 0.3) is 5.91 Å². The van der Waals surface area contributed by atoms with E-state index < -0.39 is 15.7 Å². The van der Waals surface area contributed by atoms with Crippen LogP contribution in [-0.4, -0.2) is 25.6 Å². The van der Waals surface area contributed by atoms with Crippen molar-refractivity contribution in [1.82, 2.24) is 4.98 Å². The van der Waals surface area contributed by atoms with E-state index in [0.29, 0.717) is 20.0 Å². The molecule has 0 unspecified atom stereocenters. The Kier molecular flexibility index (Phi) is 3.79. The average Bonchev–Trinajstić information content (AvgIpc) is 3.02. The van der Waals surface area contributed by atoms with Crippen molar-refractivity contribution in [1.29, 1.82) is 0 Å². The van der Waals surface area contributed by atoms with Gasteiger partial charge in [0.2, 0.25) is 0 Å². The van der Waals surface area contributed by atoms with Crippen molar-refractivity contribution >= 4 is 58.4 Å². The third-order valence-electron chi connectivity index (χ3n) is 2.81. The van der Waals surface area contributed by atoms with Crippen molar-refractivity contribution in [3.63, 3.8) is 0 Å². The van der Waals surface area contributed by atoms with E-state index in [1.807, 2.05) is 0 Å². The maximum atomic E-state index is 12.0. The lowest BCUT2D eigenvalue weighted by Gasteiger charge is -1.96. The molecular formula is C13H9BrN2O4S2. The molecule has 0 atom stereocenters. The van der Waals surface area contributed by atoms with Gasteiger partial charge in [0.15, 0.2) is 25.4 Å². The van der Waals surface area contributed by atoms with Crippen LogP contribution in [0.2, 0.25) is 0 Å². The Hall–Kier alpha value is -1.71. The number of rotatable bonds is 3. The Balaban J connectivity index is 1.90. The monoisotopic (exact) mass is 400 g/mol. The minimum atomic E-state index is -3.28. The number of hydrogen-bond acceptors (Lipinski definition) is 6. The summed E-state index contributed by atoms with van der Waals surface area (Å²) in [5.74, 6) is -0.268. The smallest absolute Gasteiger partial charge is 0.293 e. The summed E-state index contributed by atoms with van der Waals surface area (Å²) < 4.78 is 29.4. The van der Waals surface area contributed by atoms with Crippen LogP contribution in [0.1, 0.15) is 10.6 Å². The number of halogens is 1. The van der Waals surface area contributed by atoms with Gasteiger partial charge in [0.1, 0.15) is 0 Å². The van der Waals surface area contributed by atoms with Crippen molar-refractivity contribution in [2.45, 2.75) is 4.90 Å². The van der Waals surface area contributed by atoms with Gasteiger partial charge >= 0.3 is 0 Å². The third-order valence-corrected chi connectivity index (χ3v) is 5.28. The molecule has 1 aromatic carbocycles. The lowest BCUT2D eigenvalue weighted by atomic mass is 10.3. The van der Waals surface area contributed by atoms with Crippen molar-refractivity contribution in [3.05, 3.63) is 40.8 Å². The molecule has 3 aromatic rings. The SMILES string of the molecule is CS(=O)(=O)c1ccc2nc(NC(=O)c3ccc(Br)o3)sc2c1. The molecular weight excluding hydrogens is 392 g/mol. The third kappa shape index (κ3) is 3.06. The summed E-state index contributed by atoms with van der Waals surface area (Å²) in [5, 5.41) is 3.00. The van der Waals surface area contributed by atoms with E-state index in [0.717, 1.165) is 6.26 Å². The van der Waals surface area contributed by atoms with Gasteiger partial charge in [-0.1, -0.05) is 11.3 Å². The van der Waals surface area contributed by atoms with Crippen molar-refractivity contribution in [2.75, 3.05) is 11.6 Å². The molecule has 2 heterocycles. The predicted molar refractivity (Wildman–Crippen MR) is 87.1 cm³/mol. The zero-order valence-corrected chi connectivity index (χ0v) is 14.4. The molecule has 0 saturated heterocycles. The van der Waals surface area contributed by atoms with Crippen molar-refractivity contribution in [2.24, 2.45) is 0 Å². The first-order valence-corrected chi connectivity index (χ1v) is 9.50. The van der Waals surface area contributed by atoms with Gasteiger partial charge < -0.3 is 4.42 Å². The standard InChI is InChI=1S/C13H9BrN2O4S2/c1-22(18,19)7-2-3-8-10(6-7)21-13(15-8)16-12(17)9-4-5-11(14)20-9/h2-6H,1H3,(H,15,16,17). The fourth-order valence-corrected chi connectivity index (χ4v) is 3.71. The van der Waals surface area contributed by atoms with E-state index in [4.69, 9.17) is 4.42 Å². The minimum absolute atomic E-state index is 0.156. The van der Waals surface area contributed by atoms with Gasteiger partial charge in [-0.25, -0.2) is 13.4 Å². The van der Waals surface area contributed by atoms with E-state index in [1.165, 1.54) is 23.5 Å². The molecule has 0 fully saturated rings. The number of thiazole rings is 1. The first kappa shape index (κ1) is 15.2. The summed E-state index contributed by atoms with van der Waals surface area (Å²) in [6, 6.07) is 7.80. The highest BCUT2D eigenvalue weighted by Crippen LogP contribution is 2.28. The number of hydrogen-bond donors (Lipinski definition) is 1. The molecule has 0 bridgehead atoms. The van der Waals surface area contributed by atoms with Crippen LogP contribution in [-0.2, 0) is 9.84 Å². The van der Waals surface area contributed by atoms with E-state index >= 15 is 0 Å². The molecule has 0 saturated carbocycles. The summed E-state index contributed by atoms with van der Waals surface area (Å²) in [6.07, 6.45) is 1.15. The number of amides is 1. The van der Waals surface area contributed by atoms with Gasteiger partial charge in [-0.3, -0.25) is 10.1 Å². The second kappa shape index (κ2) is 5.49. The molecule has 6 nitrogen and oxygen atoms in total. The van der Waals surface area contributed by atoms with Crippen molar-refractivity contribution in [3.8, 4) is 0 Å². The maximum Gasteiger partial charge on any atom is 0.293 e. The Morgan fingerprint density at radius 3 is 2.73 bits per heavy atom. The molecule has 0 spiro atoms. The summed E-state index contributed by atoms with van der Waals surface area (Å²) in [6.45, 7) is 0. The molecule has 1 amide bonds. The Labute approximate surface area is 138 Å². The zero-order valence-electron chi connectivity index (χ0n) is 11.2. The van der Waals surface area contributed by atoms with Gasteiger partial charge in [0.05, 0.1) is 15.1 Å². The Morgan fingerprint density at radius 1 is 1.32 bits per heavy atom. The van der Waals surface area contributed by atoms with Crippen LogP contribution in [0.5, 0.6) is 0 Å². The number of fused-ring (bicyclic) bond motifs is 1. The fourth-order valence-electron chi connectivity index (χ4n) is 1.78. The number of nitrogens with one attached hydrogen (secondary N) is 1.